The molecule has 3 aliphatic rings. The lowest BCUT2D eigenvalue weighted by Crippen LogP contribution is -2.48. The van der Waals surface area contributed by atoms with E-state index in [-0.39, 0.29) is 30.2 Å². The minimum absolute atomic E-state index is 0.0413. The minimum atomic E-state index is -0.0588. The summed E-state index contributed by atoms with van der Waals surface area (Å²) in [5.41, 5.74) is 0.810. The fraction of sp³-hybridized carbons (Fsp3) is 0.600. The lowest BCUT2D eigenvalue weighted by Gasteiger charge is -2.35. The summed E-state index contributed by atoms with van der Waals surface area (Å²) in [6.07, 6.45) is 3.07. The molecule has 0 aliphatic carbocycles. The summed E-state index contributed by atoms with van der Waals surface area (Å²) in [5, 5.41) is 0. The van der Waals surface area contributed by atoms with Crippen LogP contribution in [0.1, 0.15) is 31.7 Å². The van der Waals surface area contributed by atoms with E-state index >= 15 is 0 Å². The van der Waals surface area contributed by atoms with Crippen LogP contribution < -0.4 is 9.47 Å². The highest BCUT2D eigenvalue weighted by atomic mass is 16.5. The van der Waals surface area contributed by atoms with Crippen LogP contribution in [0, 0.1) is 5.92 Å². The maximum Gasteiger partial charge on any atom is 0.227 e. The SMILES string of the molecule is CCCN1C(=O)[C@@H]2CC[C@H]1CN(C(=O)Cc1cccc(OC)c1OC)C2. The molecule has 0 unspecified atom stereocenters. The van der Waals surface area contributed by atoms with E-state index in [1.165, 1.54) is 0 Å². The number of ether oxygens (including phenoxy) is 2. The minimum Gasteiger partial charge on any atom is -0.493 e. The molecule has 1 aromatic carbocycles. The summed E-state index contributed by atoms with van der Waals surface area (Å²) >= 11 is 0. The Balaban J connectivity index is 1.76. The van der Waals surface area contributed by atoms with Crippen molar-refractivity contribution in [3.05, 3.63) is 23.8 Å². The molecule has 6 nitrogen and oxygen atoms in total. The third-order valence-electron chi connectivity index (χ3n) is 5.44. The van der Waals surface area contributed by atoms with Gasteiger partial charge in [-0.3, -0.25) is 9.59 Å². The molecule has 26 heavy (non-hydrogen) atoms. The molecular weight excluding hydrogens is 332 g/mol. The lowest BCUT2D eigenvalue weighted by molar-refractivity contribution is -0.139. The van der Waals surface area contributed by atoms with Crippen LogP contribution in [0.25, 0.3) is 0 Å². The van der Waals surface area contributed by atoms with Crippen molar-refractivity contribution in [2.24, 2.45) is 5.92 Å². The van der Waals surface area contributed by atoms with Gasteiger partial charge in [-0.1, -0.05) is 19.1 Å². The third kappa shape index (κ3) is 3.50. The topological polar surface area (TPSA) is 59.1 Å². The van der Waals surface area contributed by atoms with Gasteiger partial charge >= 0.3 is 0 Å². The Morgan fingerprint density at radius 2 is 2.00 bits per heavy atom. The highest BCUT2D eigenvalue weighted by Gasteiger charge is 2.41. The number of carbonyl (C=O) groups excluding carboxylic acids is 2. The van der Waals surface area contributed by atoms with Crippen molar-refractivity contribution >= 4 is 11.8 Å². The Bertz CT molecular complexity index is 676. The highest BCUT2D eigenvalue weighted by molar-refractivity contribution is 5.84. The van der Waals surface area contributed by atoms with Crippen molar-refractivity contribution in [2.75, 3.05) is 33.9 Å². The van der Waals surface area contributed by atoms with E-state index in [4.69, 9.17) is 9.47 Å². The molecule has 0 radical (unpaired) electrons. The number of para-hydroxylation sites is 1. The molecule has 2 atom stereocenters. The predicted octanol–water partition coefficient (Wildman–Crippen LogP) is 2.11. The number of fused-ring (bicyclic) bond motifs is 4. The summed E-state index contributed by atoms with van der Waals surface area (Å²) < 4.78 is 10.8. The quantitative estimate of drug-likeness (QED) is 0.780. The first-order valence-electron chi connectivity index (χ1n) is 9.37. The zero-order valence-electron chi connectivity index (χ0n) is 15.9. The molecule has 0 spiro atoms. The van der Waals surface area contributed by atoms with Crippen LogP contribution >= 0.6 is 0 Å². The molecule has 3 fully saturated rings. The van der Waals surface area contributed by atoms with Crippen molar-refractivity contribution in [3.8, 4) is 11.5 Å². The second kappa shape index (κ2) is 7.98. The number of hydrogen-bond acceptors (Lipinski definition) is 4. The van der Waals surface area contributed by atoms with Crippen LogP contribution in [0.5, 0.6) is 11.5 Å². The molecule has 0 aromatic heterocycles. The molecule has 1 aromatic rings. The van der Waals surface area contributed by atoms with Gasteiger partial charge in [-0.25, -0.2) is 0 Å². The van der Waals surface area contributed by atoms with Crippen LogP contribution in [-0.4, -0.2) is 61.5 Å². The number of benzene rings is 1. The van der Waals surface area contributed by atoms with Crippen molar-refractivity contribution in [1.29, 1.82) is 0 Å². The van der Waals surface area contributed by atoms with Gasteiger partial charge < -0.3 is 19.3 Å². The van der Waals surface area contributed by atoms with Gasteiger partial charge in [0.05, 0.1) is 26.6 Å². The largest absolute Gasteiger partial charge is 0.493 e. The number of nitrogens with zero attached hydrogens (tertiary/aromatic N) is 2. The van der Waals surface area contributed by atoms with Gasteiger partial charge in [-0.2, -0.15) is 0 Å². The Labute approximate surface area is 155 Å². The van der Waals surface area contributed by atoms with Gasteiger partial charge in [0.15, 0.2) is 11.5 Å². The predicted molar refractivity (Wildman–Crippen MR) is 98.3 cm³/mol. The van der Waals surface area contributed by atoms with Gasteiger partial charge in [0.1, 0.15) is 0 Å². The maximum absolute atomic E-state index is 13.0. The number of carbonyl (C=O) groups is 2. The molecule has 0 N–H and O–H groups in total. The maximum atomic E-state index is 13.0. The highest BCUT2D eigenvalue weighted by Crippen LogP contribution is 2.33. The van der Waals surface area contributed by atoms with Gasteiger partial charge in [-0.15, -0.1) is 0 Å². The van der Waals surface area contributed by atoms with Gasteiger partial charge in [0, 0.05) is 31.2 Å². The molecular formula is C20H28N2O4. The van der Waals surface area contributed by atoms with E-state index < -0.39 is 0 Å². The molecule has 3 saturated heterocycles. The first kappa shape index (κ1) is 18.5. The summed E-state index contributed by atoms with van der Waals surface area (Å²) in [4.78, 5) is 29.5. The average Bonchev–Trinajstić information content (AvgIpc) is 2.94. The second-order valence-corrected chi connectivity index (χ2v) is 7.09. The van der Waals surface area contributed by atoms with Crippen LogP contribution in [0.2, 0.25) is 0 Å². The van der Waals surface area contributed by atoms with Crippen LogP contribution in [0.15, 0.2) is 18.2 Å². The van der Waals surface area contributed by atoms with E-state index in [0.717, 1.165) is 31.4 Å². The summed E-state index contributed by atoms with van der Waals surface area (Å²) in [7, 11) is 3.17. The Kier molecular flexibility index (Phi) is 5.69. The van der Waals surface area contributed by atoms with Gasteiger partial charge in [0.25, 0.3) is 0 Å². The molecule has 3 aliphatic heterocycles. The smallest absolute Gasteiger partial charge is 0.227 e. The fourth-order valence-electron chi connectivity index (χ4n) is 4.15. The average molecular weight is 360 g/mol. The summed E-state index contributed by atoms with van der Waals surface area (Å²) in [6.45, 7) is 4.03. The molecule has 3 heterocycles. The monoisotopic (exact) mass is 360 g/mol. The van der Waals surface area contributed by atoms with E-state index in [0.29, 0.717) is 24.6 Å². The van der Waals surface area contributed by atoms with E-state index in [9.17, 15) is 9.59 Å². The van der Waals surface area contributed by atoms with E-state index in [1.807, 2.05) is 28.0 Å². The standard InChI is InChI=1S/C20H28N2O4/c1-4-10-22-16-9-8-15(20(22)24)12-21(13-16)18(23)11-14-6-5-7-17(25-2)19(14)26-3/h5-7,15-16H,4,8-13H2,1-3H3/t15-,16+/m1/s1. The lowest BCUT2D eigenvalue weighted by atomic mass is 9.94. The zero-order valence-corrected chi connectivity index (χ0v) is 15.9. The molecule has 4 rings (SSSR count). The summed E-state index contributed by atoms with van der Waals surface area (Å²) in [6, 6.07) is 5.72. The molecule has 0 saturated carbocycles. The number of piperidine rings is 1. The van der Waals surface area contributed by atoms with Crippen LogP contribution in [0.4, 0.5) is 0 Å². The third-order valence-corrected chi connectivity index (χ3v) is 5.44. The van der Waals surface area contributed by atoms with Crippen LogP contribution in [0.3, 0.4) is 0 Å². The Morgan fingerprint density at radius 3 is 2.69 bits per heavy atom. The van der Waals surface area contributed by atoms with E-state index in [1.54, 1.807) is 14.2 Å². The summed E-state index contributed by atoms with van der Waals surface area (Å²) in [5.74, 6) is 1.43. The first-order valence-corrected chi connectivity index (χ1v) is 9.37. The normalized spacial score (nSPS) is 22.3. The number of rotatable bonds is 6. The first-order chi connectivity index (χ1) is 12.6. The van der Waals surface area contributed by atoms with Crippen molar-refractivity contribution in [1.82, 2.24) is 9.80 Å². The van der Waals surface area contributed by atoms with E-state index in [2.05, 4.69) is 6.92 Å². The molecule has 2 bridgehead atoms. The number of hydrogen-bond donors (Lipinski definition) is 0. The molecule has 2 amide bonds. The number of amides is 2. The number of methoxy groups -OCH3 is 2. The van der Waals surface area contributed by atoms with Crippen molar-refractivity contribution in [3.63, 3.8) is 0 Å². The van der Waals surface area contributed by atoms with Crippen molar-refractivity contribution < 1.29 is 19.1 Å². The Morgan fingerprint density at radius 1 is 1.19 bits per heavy atom. The fourth-order valence-corrected chi connectivity index (χ4v) is 4.15. The van der Waals surface area contributed by atoms with Gasteiger partial charge in [-0.05, 0) is 25.3 Å². The molecule has 6 heteroatoms. The van der Waals surface area contributed by atoms with Crippen LogP contribution in [-0.2, 0) is 16.0 Å². The Hall–Kier alpha value is -2.24. The second-order valence-electron chi connectivity index (χ2n) is 7.09. The van der Waals surface area contributed by atoms with Crippen molar-refractivity contribution in [2.45, 2.75) is 38.6 Å². The molecule has 142 valence electrons. The van der Waals surface area contributed by atoms with Gasteiger partial charge in [0.2, 0.25) is 11.8 Å². The zero-order chi connectivity index (χ0) is 18.7.